The number of nitrogens with one attached hydrogen (secondary N) is 3. The molecule has 11 heteroatoms. The molecule has 3 N–H and O–H groups in total. The predicted molar refractivity (Wildman–Crippen MR) is 112 cm³/mol. The van der Waals surface area contributed by atoms with Crippen LogP contribution in [0, 0.1) is 4.77 Å². The van der Waals surface area contributed by atoms with Crippen LogP contribution >= 0.6 is 12.2 Å². The van der Waals surface area contributed by atoms with Crippen LogP contribution in [0.15, 0.2) is 65.5 Å². The molecule has 0 bridgehead atoms. The third-order valence-corrected chi connectivity index (χ3v) is 5.42. The Kier molecular flexibility index (Phi) is 5.21. The van der Waals surface area contributed by atoms with Gasteiger partial charge in [0.05, 0.1) is 6.54 Å². The van der Waals surface area contributed by atoms with Gasteiger partial charge in [-0.1, -0.05) is 48.5 Å². The van der Waals surface area contributed by atoms with Crippen LogP contribution in [0.25, 0.3) is 0 Å². The maximum absolute atomic E-state index is 14.4. The fourth-order valence-corrected chi connectivity index (χ4v) is 3.82. The summed E-state index contributed by atoms with van der Waals surface area (Å²) in [5, 5.41) is 3.89. The lowest BCUT2D eigenvalue weighted by molar-refractivity contribution is -0.196. The summed E-state index contributed by atoms with van der Waals surface area (Å²) in [6.45, 7) is -0.0143. The van der Waals surface area contributed by atoms with E-state index >= 15 is 0 Å². The van der Waals surface area contributed by atoms with Crippen molar-refractivity contribution in [2.45, 2.75) is 18.3 Å². The minimum atomic E-state index is -5.33. The molecule has 0 saturated heterocycles. The number of aromatic amines is 1. The number of hydrogen-bond donors (Lipinski definition) is 3. The van der Waals surface area contributed by atoms with Crippen molar-refractivity contribution >= 4 is 29.9 Å². The number of anilines is 1. The number of carbonyl (C=O) groups is 2. The van der Waals surface area contributed by atoms with Crippen LogP contribution in [-0.2, 0) is 16.9 Å². The highest BCUT2D eigenvalue weighted by Gasteiger charge is 2.68. The summed E-state index contributed by atoms with van der Waals surface area (Å²) in [4.78, 5) is 40.3. The Labute approximate surface area is 183 Å². The number of carbonyl (C=O) groups excluding carboxylic acids is 2. The number of rotatable bonds is 4. The van der Waals surface area contributed by atoms with Crippen LogP contribution in [0.4, 0.5) is 19.0 Å². The number of fused-ring (bicyclic) bond motifs is 1. The van der Waals surface area contributed by atoms with E-state index in [0.29, 0.717) is 5.56 Å². The van der Waals surface area contributed by atoms with Crippen molar-refractivity contribution in [1.29, 1.82) is 0 Å². The summed E-state index contributed by atoms with van der Waals surface area (Å²) < 4.78 is 44.2. The van der Waals surface area contributed by atoms with Gasteiger partial charge < -0.3 is 10.6 Å². The standard InChI is InChI=1S/C21H15F3N4O3S/c22-21(23,24)20(27-16(29)13-9-5-2-6-10-13)14-15(25-18(20)31)28(19(32)26-17(14)30)11-12-7-3-1-4-8-12/h1-10H,11H2,(H,25,31)(H,27,29)(H,26,30,32). The second-order valence-electron chi connectivity index (χ2n) is 7.08. The zero-order valence-corrected chi connectivity index (χ0v) is 17.0. The van der Waals surface area contributed by atoms with E-state index in [1.807, 2.05) is 0 Å². The fourth-order valence-electron chi connectivity index (χ4n) is 3.57. The molecular formula is C21H15F3N4O3S. The number of hydrogen-bond acceptors (Lipinski definition) is 4. The lowest BCUT2D eigenvalue weighted by atomic mass is 9.91. The highest BCUT2D eigenvalue weighted by molar-refractivity contribution is 7.71. The Morgan fingerprint density at radius 3 is 2.22 bits per heavy atom. The van der Waals surface area contributed by atoms with Gasteiger partial charge in [0.15, 0.2) is 4.77 Å². The zero-order valence-electron chi connectivity index (χ0n) is 16.2. The molecule has 2 heterocycles. The number of halogens is 3. The minimum absolute atomic E-state index is 0.0143. The maximum Gasteiger partial charge on any atom is 0.425 e. The Morgan fingerprint density at radius 2 is 1.62 bits per heavy atom. The van der Waals surface area contributed by atoms with Gasteiger partial charge in [0.25, 0.3) is 22.9 Å². The average molecular weight is 460 g/mol. The fraction of sp³-hybridized carbons (Fsp3) is 0.143. The lowest BCUT2D eigenvalue weighted by Gasteiger charge is -2.30. The molecule has 2 aromatic carbocycles. The second kappa shape index (κ2) is 7.75. The highest BCUT2D eigenvalue weighted by atomic mass is 32.1. The van der Waals surface area contributed by atoms with Crippen molar-refractivity contribution in [1.82, 2.24) is 14.9 Å². The summed E-state index contributed by atoms with van der Waals surface area (Å²) in [6, 6.07) is 15.7. The van der Waals surface area contributed by atoms with E-state index in [2.05, 4.69) is 10.3 Å². The third kappa shape index (κ3) is 3.40. The topological polar surface area (TPSA) is 96.0 Å². The largest absolute Gasteiger partial charge is 0.425 e. The van der Waals surface area contributed by atoms with E-state index in [1.54, 1.807) is 41.7 Å². The molecule has 0 saturated carbocycles. The van der Waals surface area contributed by atoms with Gasteiger partial charge in [-0.25, -0.2) is 0 Å². The van der Waals surface area contributed by atoms with Gasteiger partial charge in [-0.15, -0.1) is 0 Å². The molecule has 1 aliphatic rings. The molecule has 32 heavy (non-hydrogen) atoms. The molecule has 1 unspecified atom stereocenters. The van der Waals surface area contributed by atoms with Crippen molar-refractivity contribution < 1.29 is 22.8 Å². The van der Waals surface area contributed by atoms with Crippen LogP contribution in [0.3, 0.4) is 0 Å². The van der Waals surface area contributed by atoms with Gasteiger partial charge in [0.2, 0.25) is 0 Å². The number of alkyl halides is 3. The summed E-state index contributed by atoms with van der Waals surface area (Å²) in [5.41, 5.74) is -5.22. The van der Waals surface area contributed by atoms with Crippen LogP contribution in [0.2, 0.25) is 0 Å². The second-order valence-corrected chi connectivity index (χ2v) is 7.46. The zero-order chi connectivity index (χ0) is 23.1. The first kappa shape index (κ1) is 21.5. The minimum Gasteiger partial charge on any atom is -0.326 e. The van der Waals surface area contributed by atoms with E-state index in [4.69, 9.17) is 12.2 Å². The van der Waals surface area contributed by atoms with Gasteiger partial charge in [-0.05, 0) is 29.9 Å². The molecule has 3 aromatic rings. The van der Waals surface area contributed by atoms with Crippen molar-refractivity contribution in [3.8, 4) is 0 Å². The number of H-pyrrole nitrogens is 1. The number of aromatic nitrogens is 2. The summed E-state index contributed by atoms with van der Waals surface area (Å²) >= 11 is 5.14. The van der Waals surface area contributed by atoms with Crippen LogP contribution in [0.1, 0.15) is 21.5 Å². The maximum atomic E-state index is 14.4. The molecule has 4 rings (SSSR count). The first-order valence-corrected chi connectivity index (χ1v) is 9.73. The number of benzene rings is 2. The van der Waals surface area contributed by atoms with Gasteiger partial charge >= 0.3 is 6.18 Å². The van der Waals surface area contributed by atoms with Crippen LogP contribution < -0.4 is 16.2 Å². The molecule has 2 amide bonds. The predicted octanol–water partition coefficient (Wildman–Crippen LogP) is 3.09. The first-order valence-electron chi connectivity index (χ1n) is 9.32. The Balaban J connectivity index is 1.91. The first-order chi connectivity index (χ1) is 15.1. The Bertz CT molecular complexity index is 1320. The number of amides is 2. The van der Waals surface area contributed by atoms with E-state index in [0.717, 1.165) is 0 Å². The van der Waals surface area contributed by atoms with E-state index < -0.39 is 40.5 Å². The van der Waals surface area contributed by atoms with Gasteiger partial charge in [-0.2, -0.15) is 13.2 Å². The quantitative estimate of drug-likeness (QED) is 0.522. The highest BCUT2D eigenvalue weighted by Crippen LogP contribution is 2.45. The molecule has 164 valence electrons. The molecule has 7 nitrogen and oxygen atoms in total. The van der Waals surface area contributed by atoms with Crippen LogP contribution in [0.5, 0.6) is 0 Å². The van der Waals surface area contributed by atoms with E-state index in [9.17, 15) is 27.6 Å². The molecule has 1 atom stereocenters. The molecule has 0 fully saturated rings. The summed E-state index contributed by atoms with van der Waals surface area (Å²) in [5.74, 6) is -3.18. The van der Waals surface area contributed by atoms with Crippen molar-refractivity contribution in [3.63, 3.8) is 0 Å². The van der Waals surface area contributed by atoms with Crippen LogP contribution in [-0.4, -0.2) is 27.5 Å². The summed E-state index contributed by atoms with van der Waals surface area (Å²) in [6.07, 6.45) is -5.33. The molecule has 1 aromatic heterocycles. The van der Waals surface area contributed by atoms with E-state index in [-0.39, 0.29) is 16.9 Å². The molecule has 0 radical (unpaired) electrons. The van der Waals surface area contributed by atoms with Crippen molar-refractivity contribution in [3.05, 3.63) is 92.5 Å². The Hall–Kier alpha value is -3.73. The number of nitrogens with zero attached hydrogens (tertiary/aromatic N) is 1. The monoisotopic (exact) mass is 460 g/mol. The smallest absolute Gasteiger partial charge is 0.326 e. The molecule has 0 spiro atoms. The third-order valence-electron chi connectivity index (χ3n) is 5.09. The molecule has 0 aliphatic carbocycles. The molecule has 1 aliphatic heterocycles. The summed E-state index contributed by atoms with van der Waals surface area (Å²) in [7, 11) is 0. The van der Waals surface area contributed by atoms with Gasteiger partial charge in [0.1, 0.15) is 11.4 Å². The van der Waals surface area contributed by atoms with Crippen molar-refractivity contribution in [2.75, 3.05) is 5.32 Å². The average Bonchev–Trinajstić information content (AvgIpc) is 3.06. The SMILES string of the molecule is O=C(NC1(C(F)(F)F)C(=O)Nc2c1c(=O)[nH]c(=S)n2Cc1ccccc1)c1ccccc1. The lowest BCUT2D eigenvalue weighted by Crippen LogP contribution is -2.61. The van der Waals surface area contributed by atoms with Gasteiger partial charge in [0, 0.05) is 5.56 Å². The molecular weight excluding hydrogens is 445 g/mol. The van der Waals surface area contributed by atoms with E-state index in [1.165, 1.54) is 28.8 Å². The van der Waals surface area contributed by atoms with Crippen molar-refractivity contribution in [2.24, 2.45) is 0 Å². The van der Waals surface area contributed by atoms with Gasteiger partial charge in [-0.3, -0.25) is 23.9 Å². The Morgan fingerprint density at radius 1 is 1.03 bits per heavy atom. The normalized spacial score (nSPS) is 17.5.